The molecule has 0 aliphatic carbocycles. The fourth-order valence-corrected chi connectivity index (χ4v) is 6.72. The highest BCUT2D eigenvalue weighted by Crippen LogP contribution is 2.37. The number of nitrogens with zero attached hydrogens (tertiary/aromatic N) is 1. The molecule has 2 aromatic rings. The van der Waals surface area contributed by atoms with Crippen molar-refractivity contribution < 1.29 is 13.5 Å². The summed E-state index contributed by atoms with van der Waals surface area (Å²) in [5.74, 6) is 0. The molecule has 1 N–H and O–H groups in total. The molecule has 0 fully saturated rings. The number of thiophene rings is 2. The smallest absolute Gasteiger partial charge is 0.253 e. The van der Waals surface area contributed by atoms with Crippen LogP contribution in [0.25, 0.3) is 0 Å². The summed E-state index contributed by atoms with van der Waals surface area (Å²) in [4.78, 5) is 2.19. The molecule has 114 valence electrons. The molecule has 1 aliphatic rings. The first kappa shape index (κ1) is 15.2. The van der Waals surface area contributed by atoms with Crippen molar-refractivity contribution in [3.63, 3.8) is 0 Å². The normalized spacial score (nSPS) is 19.6. The summed E-state index contributed by atoms with van der Waals surface area (Å²) in [5.41, 5.74) is 1.13. The number of sulfonamides is 1. The van der Waals surface area contributed by atoms with E-state index in [0.29, 0.717) is 17.2 Å². The van der Waals surface area contributed by atoms with Crippen LogP contribution in [-0.2, 0) is 22.9 Å². The first-order chi connectivity index (χ1) is 10.0. The summed E-state index contributed by atoms with van der Waals surface area (Å²) in [6.07, 6.45) is 1.29. The van der Waals surface area contributed by atoms with Crippen LogP contribution in [0, 0.1) is 0 Å². The van der Waals surface area contributed by atoms with Crippen LogP contribution in [0.5, 0.6) is 0 Å². The zero-order chi connectivity index (χ0) is 15.0. The van der Waals surface area contributed by atoms with Gasteiger partial charge in [-0.1, -0.05) is 0 Å². The lowest BCUT2D eigenvalue weighted by molar-refractivity contribution is 0.300. The number of aliphatic hydroxyl groups excluding tert-OH is 1. The lowest BCUT2D eigenvalue weighted by atomic mass is 10.0. The van der Waals surface area contributed by atoms with Crippen molar-refractivity contribution in [1.82, 2.24) is 4.31 Å². The van der Waals surface area contributed by atoms with Crippen molar-refractivity contribution in [2.24, 2.45) is 0 Å². The molecule has 0 amide bonds. The summed E-state index contributed by atoms with van der Waals surface area (Å²) in [6.45, 7) is 2.52. The maximum atomic E-state index is 12.8. The number of hydrogen-bond donors (Lipinski definition) is 1. The maximum Gasteiger partial charge on any atom is 0.253 e. The summed E-state index contributed by atoms with van der Waals surface area (Å²) in [6, 6.07) is 5.35. The van der Waals surface area contributed by atoms with Crippen molar-refractivity contribution >= 4 is 32.7 Å². The van der Waals surface area contributed by atoms with Gasteiger partial charge in [-0.25, -0.2) is 8.42 Å². The zero-order valence-corrected chi connectivity index (χ0v) is 14.1. The van der Waals surface area contributed by atoms with E-state index in [4.69, 9.17) is 5.11 Å². The number of fused-ring (bicyclic) bond motifs is 1. The van der Waals surface area contributed by atoms with Crippen molar-refractivity contribution in [3.05, 3.63) is 38.9 Å². The predicted molar refractivity (Wildman–Crippen MR) is 85.4 cm³/mol. The van der Waals surface area contributed by atoms with Crippen LogP contribution in [-0.4, -0.2) is 31.0 Å². The van der Waals surface area contributed by atoms with Crippen molar-refractivity contribution in [2.45, 2.75) is 30.0 Å². The Balaban J connectivity index is 1.91. The maximum absolute atomic E-state index is 12.8. The second-order valence-corrected chi connectivity index (χ2v) is 9.32. The molecule has 3 rings (SSSR count). The Labute approximate surface area is 132 Å². The lowest BCUT2D eigenvalue weighted by Crippen LogP contribution is -2.37. The van der Waals surface area contributed by atoms with Crippen LogP contribution >= 0.6 is 22.7 Å². The van der Waals surface area contributed by atoms with Gasteiger partial charge in [0.2, 0.25) is 0 Å². The summed E-state index contributed by atoms with van der Waals surface area (Å²) >= 11 is 2.96. The standard InChI is InChI=1S/C14H17NO3S3/c1-10-12-6-9-19-13(12)4-7-15(10)21(17,18)14-3-2-11(20-14)5-8-16/h2-3,6,9-10,16H,4-5,7-8H2,1H3. The molecule has 0 spiro atoms. The number of rotatable bonds is 4. The Morgan fingerprint density at radius 3 is 2.95 bits per heavy atom. The Bertz CT molecular complexity index is 732. The van der Waals surface area contributed by atoms with Gasteiger partial charge in [0.25, 0.3) is 10.0 Å². The third-order valence-electron chi connectivity index (χ3n) is 3.78. The second kappa shape index (κ2) is 5.81. The molecule has 0 bridgehead atoms. The molecule has 0 saturated carbocycles. The van der Waals surface area contributed by atoms with E-state index in [0.717, 1.165) is 16.9 Å². The predicted octanol–water partition coefficient (Wildman–Crippen LogP) is 2.65. The summed E-state index contributed by atoms with van der Waals surface area (Å²) in [5, 5.41) is 11.0. The topological polar surface area (TPSA) is 57.6 Å². The van der Waals surface area contributed by atoms with Crippen LogP contribution < -0.4 is 0 Å². The minimum absolute atomic E-state index is 0.0401. The molecule has 4 nitrogen and oxygen atoms in total. The van der Waals surface area contributed by atoms with Gasteiger partial charge >= 0.3 is 0 Å². The van der Waals surface area contributed by atoms with Gasteiger partial charge in [-0.3, -0.25) is 0 Å². The van der Waals surface area contributed by atoms with E-state index in [1.165, 1.54) is 16.2 Å². The van der Waals surface area contributed by atoms with Crippen molar-refractivity contribution in [2.75, 3.05) is 13.2 Å². The van der Waals surface area contributed by atoms with Gasteiger partial charge in [0.05, 0.1) is 0 Å². The van der Waals surface area contributed by atoms with E-state index in [9.17, 15) is 8.42 Å². The second-order valence-electron chi connectivity index (χ2n) is 5.04. The fourth-order valence-electron chi connectivity index (χ4n) is 2.67. The molecule has 1 aliphatic heterocycles. The van der Waals surface area contributed by atoms with E-state index >= 15 is 0 Å². The Morgan fingerprint density at radius 1 is 1.38 bits per heavy atom. The molecule has 1 atom stereocenters. The third kappa shape index (κ3) is 2.68. The van der Waals surface area contributed by atoms with E-state index in [1.54, 1.807) is 27.8 Å². The van der Waals surface area contributed by atoms with Gasteiger partial charge in [0.1, 0.15) is 4.21 Å². The molecule has 2 aromatic heterocycles. The average molecular weight is 343 g/mol. The van der Waals surface area contributed by atoms with E-state index in [1.807, 2.05) is 18.4 Å². The summed E-state index contributed by atoms with van der Waals surface area (Å²) in [7, 11) is -3.45. The molecule has 3 heterocycles. The van der Waals surface area contributed by atoms with E-state index < -0.39 is 10.0 Å². The van der Waals surface area contributed by atoms with Crippen molar-refractivity contribution in [3.8, 4) is 0 Å². The van der Waals surface area contributed by atoms with Crippen LogP contribution in [0.3, 0.4) is 0 Å². The van der Waals surface area contributed by atoms with Gasteiger partial charge in [-0.15, -0.1) is 22.7 Å². The van der Waals surface area contributed by atoms with Crippen molar-refractivity contribution in [1.29, 1.82) is 0 Å². The molecule has 0 aromatic carbocycles. The minimum Gasteiger partial charge on any atom is -0.396 e. The Kier molecular flexibility index (Phi) is 4.20. The number of aliphatic hydroxyl groups is 1. The average Bonchev–Trinajstić information content (AvgIpc) is 3.08. The van der Waals surface area contributed by atoms with Crippen LogP contribution in [0.4, 0.5) is 0 Å². The molecule has 1 unspecified atom stereocenters. The van der Waals surface area contributed by atoms with Gasteiger partial charge in [0, 0.05) is 35.4 Å². The first-order valence-electron chi connectivity index (χ1n) is 6.81. The highest BCUT2D eigenvalue weighted by molar-refractivity contribution is 7.91. The Hall–Kier alpha value is -0.730. The van der Waals surface area contributed by atoms with Gasteiger partial charge in [-0.2, -0.15) is 4.31 Å². The molecule has 0 radical (unpaired) electrons. The fraction of sp³-hybridized carbons (Fsp3) is 0.429. The van der Waals surface area contributed by atoms with Gasteiger partial charge < -0.3 is 5.11 Å². The van der Waals surface area contributed by atoms with Gasteiger partial charge in [0.15, 0.2) is 0 Å². The van der Waals surface area contributed by atoms with E-state index in [2.05, 4.69) is 0 Å². The minimum atomic E-state index is -3.45. The van der Waals surface area contributed by atoms with Crippen LogP contribution in [0.15, 0.2) is 27.8 Å². The van der Waals surface area contributed by atoms with E-state index in [-0.39, 0.29) is 12.6 Å². The first-order valence-corrected chi connectivity index (χ1v) is 9.95. The monoisotopic (exact) mass is 343 g/mol. The number of hydrogen-bond acceptors (Lipinski definition) is 5. The zero-order valence-electron chi connectivity index (χ0n) is 11.7. The van der Waals surface area contributed by atoms with Crippen LogP contribution in [0.1, 0.15) is 28.3 Å². The largest absolute Gasteiger partial charge is 0.396 e. The highest BCUT2D eigenvalue weighted by atomic mass is 32.2. The molecular weight excluding hydrogens is 326 g/mol. The molecular formula is C14H17NO3S3. The molecule has 0 saturated heterocycles. The quantitative estimate of drug-likeness (QED) is 0.928. The van der Waals surface area contributed by atoms with Gasteiger partial charge in [-0.05, 0) is 42.5 Å². The highest BCUT2D eigenvalue weighted by Gasteiger charge is 2.35. The third-order valence-corrected chi connectivity index (χ3v) is 8.36. The summed E-state index contributed by atoms with van der Waals surface area (Å²) < 4.78 is 27.6. The van der Waals surface area contributed by atoms with Crippen LogP contribution in [0.2, 0.25) is 0 Å². The Morgan fingerprint density at radius 2 is 2.19 bits per heavy atom. The molecule has 7 heteroatoms. The SMILES string of the molecule is CC1c2ccsc2CCN1S(=O)(=O)c1ccc(CCO)s1. The molecule has 21 heavy (non-hydrogen) atoms. The lowest BCUT2D eigenvalue weighted by Gasteiger charge is -2.32.